The number of carbonyl (C=O) groups is 1. The van der Waals surface area contributed by atoms with Crippen LogP contribution >= 0.6 is 0 Å². The second-order valence-corrected chi connectivity index (χ2v) is 8.38. The van der Waals surface area contributed by atoms with Crippen molar-refractivity contribution in [1.82, 2.24) is 16.0 Å². The molecule has 1 aromatic carbocycles. The van der Waals surface area contributed by atoms with Gasteiger partial charge in [-0.25, -0.2) is 4.99 Å². The van der Waals surface area contributed by atoms with Crippen LogP contribution in [0, 0.1) is 0 Å². The molecule has 31 heavy (non-hydrogen) atoms. The zero-order chi connectivity index (χ0) is 21.7. The maximum absolute atomic E-state index is 11.8. The van der Waals surface area contributed by atoms with Gasteiger partial charge < -0.3 is 25.4 Å². The Hall–Kier alpha value is -2.28. The first-order valence-corrected chi connectivity index (χ1v) is 11.9. The van der Waals surface area contributed by atoms with Crippen molar-refractivity contribution < 1.29 is 14.3 Å². The Morgan fingerprint density at radius 1 is 1.10 bits per heavy atom. The van der Waals surface area contributed by atoms with E-state index < -0.39 is 0 Å². The highest BCUT2D eigenvalue weighted by Gasteiger charge is 2.23. The predicted molar refractivity (Wildman–Crippen MR) is 123 cm³/mol. The SMILES string of the molecule is CCNC(=NCc1cccc(OCC(=O)NC2CC2)c1)NCCOC1CCCCCC1. The Labute approximate surface area is 186 Å². The fourth-order valence-corrected chi connectivity index (χ4v) is 3.70. The Bertz CT molecular complexity index is 698. The molecule has 7 heteroatoms. The van der Waals surface area contributed by atoms with E-state index in [1.165, 1.54) is 38.5 Å². The first-order chi connectivity index (χ1) is 15.2. The lowest BCUT2D eigenvalue weighted by molar-refractivity contribution is -0.123. The second kappa shape index (κ2) is 13.2. The maximum Gasteiger partial charge on any atom is 0.258 e. The fraction of sp³-hybridized carbons (Fsp3) is 0.667. The molecule has 0 aromatic heterocycles. The number of benzene rings is 1. The fourth-order valence-electron chi connectivity index (χ4n) is 3.70. The molecule has 0 aliphatic heterocycles. The van der Waals surface area contributed by atoms with E-state index in [1.807, 2.05) is 24.3 Å². The van der Waals surface area contributed by atoms with Crippen LogP contribution in [0.2, 0.25) is 0 Å². The van der Waals surface area contributed by atoms with Gasteiger partial charge in [0.25, 0.3) is 5.91 Å². The monoisotopic (exact) mass is 430 g/mol. The minimum atomic E-state index is -0.0596. The van der Waals surface area contributed by atoms with Crippen LogP contribution in [0.3, 0.4) is 0 Å². The average molecular weight is 431 g/mol. The summed E-state index contributed by atoms with van der Waals surface area (Å²) in [6.07, 6.45) is 10.2. The third-order valence-electron chi connectivity index (χ3n) is 5.53. The van der Waals surface area contributed by atoms with Gasteiger partial charge in [0.05, 0.1) is 19.3 Å². The molecule has 0 heterocycles. The third kappa shape index (κ3) is 9.59. The number of nitrogens with one attached hydrogen (secondary N) is 3. The number of rotatable bonds is 11. The van der Waals surface area contributed by atoms with Crippen molar-refractivity contribution >= 4 is 11.9 Å². The lowest BCUT2D eigenvalue weighted by Gasteiger charge is -2.16. The smallest absolute Gasteiger partial charge is 0.258 e. The quantitative estimate of drug-likeness (QED) is 0.217. The van der Waals surface area contributed by atoms with Gasteiger partial charge in [-0.1, -0.05) is 37.8 Å². The minimum Gasteiger partial charge on any atom is -0.484 e. The van der Waals surface area contributed by atoms with Crippen molar-refractivity contribution in [3.05, 3.63) is 29.8 Å². The first-order valence-electron chi connectivity index (χ1n) is 11.9. The largest absolute Gasteiger partial charge is 0.484 e. The van der Waals surface area contributed by atoms with E-state index >= 15 is 0 Å². The van der Waals surface area contributed by atoms with Crippen molar-refractivity contribution in [2.45, 2.75) is 77.0 Å². The van der Waals surface area contributed by atoms with Crippen molar-refractivity contribution in [1.29, 1.82) is 0 Å². The summed E-state index contributed by atoms with van der Waals surface area (Å²) in [5.41, 5.74) is 1.03. The summed E-state index contributed by atoms with van der Waals surface area (Å²) < 4.78 is 11.7. The van der Waals surface area contributed by atoms with Crippen LogP contribution in [-0.2, 0) is 16.1 Å². The minimum absolute atomic E-state index is 0.0500. The van der Waals surface area contributed by atoms with Gasteiger partial charge in [-0.2, -0.15) is 0 Å². The Kier molecular flexibility index (Phi) is 9.96. The molecule has 3 rings (SSSR count). The van der Waals surface area contributed by atoms with E-state index in [9.17, 15) is 4.79 Å². The van der Waals surface area contributed by atoms with Crippen LogP contribution in [0.4, 0.5) is 0 Å². The molecule has 2 aliphatic carbocycles. The summed E-state index contributed by atoms with van der Waals surface area (Å²) in [4.78, 5) is 16.5. The van der Waals surface area contributed by atoms with Crippen molar-refractivity contribution in [3.8, 4) is 5.75 Å². The van der Waals surface area contributed by atoms with Gasteiger partial charge in [0.1, 0.15) is 5.75 Å². The Morgan fingerprint density at radius 2 is 1.90 bits per heavy atom. The molecular formula is C24H38N4O3. The molecule has 0 unspecified atom stereocenters. The summed E-state index contributed by atoms with van der Waals surface area (Å²) in [7, 11) is 0. The highest BCUT2D eigenvalue weighted by Crippen LogP contribution is 2.20. The lowest BCUT2D eigenvalue weighted by atomic mass is 10.1. The van der Waals surface area contributed by atoms with Gasteiger partial charge in [0, 0.05) is 19.1 Å². The normalized spacial score (nSPS) is 17.6. The highest BCUT2D eigenvalue weighted by atomic mass is 16.5. The highest BCUT2D eigenvalue weighted by molar-refractivity contribution is 5.79. The van der Waals surface area contributed by atoms with E-state index in [2.05, 4.69) is 27.9 Å². The average Bonchev–Trinajstić information content (AvgIpc) is 3.61. The molecule has 3 N–H and O–H groups in total. The van der Waals surface area contributed by atoms with Crippen LogP contribution in [0.25, 0.3) is 0 Å². The zero-order valence-electron chi connectivity index (χ0n) is 18.8. The predicted octanol–water partition coefficient (Wildman–Crippen LogP) is 3.14. The van der Waals surface area contributed by atoms with Gasteiger partial charge in [-0.15, -0.1) is 0 Å². The number of ether oxygens (including phenoxy) is 2. The van der Waals surface area contributed by atoms with Crippen molar-refractivity contribution in [2.24, 2.45) is 4.99 Å². The number of hydrogen-bond donors (Lipinski definition) is 3. The molecule has 172 valence electrons. The van der Waals surface area contributed by atoms with E-state index in [1.54, 1.807) is 0 Å². The van der Waals surface area contributed by atoms with E-state index in [4.69, 9.17) is 9.47 Å². The number of carbonyl (C=O) groups excluding carboxylic acids is 1. The first kappa shape index (κ1) is 23.4. The topological polar surface area (TPSA) is 84.0 Å². The molecule has 1 amide bonds. The third-order valence-corrected chi connectivity index (χ3v) is 5.53. The Balaban J connectivity index is 1.40. The van der Waals surface area contributed by atoms with Gasteiger partial charge in [0.15, 0.2) is 12.6 Å². The number of nitrogens with zero attached hydrogens (tertiary/aromatic N) is 1. The zero-order valence-corrected chi connectivity index (χ0v) is 18.8. The van der Waals surface area contributed by atoms with Gasteiger partial charge in [-0.05, 0) is 50.3 Å². The summed E-state index contributed by atoms with van der Waals surface area (Å²) in [5.74, 6) is 1.41. The van der Waals surface area contributed by atoms with Gasteiger partial charge in [0.2, 0.25) is 0 Å². The summed E-state index contributed by atoms with van der Waals surface area (Å²) in [5, 5.41) is 9.56. The molecule has 1 aromatic rings. The summed E-state index contributed by atoms with van der Waals surface area (Å²) in [6, 6.07) is 8.10. The van der Waals surface area contributed by atoms with Crippen molar-refractivity contribution in [2.75, 3.05) is 26.3 Å². The molecule has 2 fully saturated rings. The van der Waals surface area contributed by atoms with E-state index in [-0.39, 0.29) is 12.5 Å². The molecule has 0 radical (unpaired) electrons. The van der Waals surface area contributed by atoms with Crippen LogP contribution in [0.15, 0.2) is 29.3 Å². The van der Waals surface area contributed by atoms with Crippen LogP contribution in [0.1, 0.15) is 63.9 Å². The summed E-state index contributed by atoms with van der Waals surface area (Å²) in [6.45, 7) is 4.87. The maximum atomic E-state index is 11.8. The molecule has 2 saturated carbocycles. The molecule has 7 nitrogen and oxygen atoms in total. The van der Waals surface area contributed by atoms with Gasteiger partial charge in [-0.3, -0.25) is 4.79 Å². The van der Waals surface area contributed by atoms with Crippen LogP contribution in [-0.4, -0.2) is 50.3 Å². The number of guanidine groups is 1. The standard InChI is InChI=1S/C24H38N4O3/c1-2-25-24(26-14-15-30-21-9-5-3-4-6-10-21)27-17-19-8-7-11-22(16-19)31-18-23(29)28-20-12-13-20/h7-8,11,16,20-21H,2-6,9-10,12-15,17-18H2,1H3,(H,28,29)(H2,25,26,27). The molecule has 0 spiro atoms. The van der Waals surface area contributed by atoms with E-state index in [0.717, 1.165) is 37.5 Å². The molecule has 0 bridgehead atoms. The summed E-state index contributed by atoms with van der Waals surface area (Å²) >= 11 is 0. The second-order valence-electron chi connectivity index (χ2n) is 8.38. The van der Waals surface area contributed by atoms with Crippen LogP contribution < -0.4 is 20.7 Å². The lowest BCUT2D eigenvalue weighted by Crippen LogP contribution is -2.39. The Morgan fingerprint density at radius 3 is 2.65 bits per heavy atom. The molecular weight excluding hydrogens is 392 g/mol. The van der Waals surface area contributed by atoms with Crippen molar-refractivity contribution in [3.63, 3.8) is 0 Å². The molecule has 0 saturated heterocycles. The number of amides is 1. The molecule has 2 aliphatic rings. The van der Waals surface area contributed by atoms with E-state index in [0.29, 0.717) is 31.0 Å². The van der Waals surface area contributed by atoms with Crippen LogP contribution in [0.5, 0.6) is 5.75 Å². The number of hydrogen-bond acceptors (Lipinski definition) is 4. The van der Waals surface area contributed by atoms with Gasteiger partial charge >= 0.3 is 0 Å². The molecule has 0 atom stereocenters. The number of aliphatic imine (C=N–C) groups is 1.